The van der Waals surface area contributed by atoms with Crippen LogP contribution in [0, 0.1) is 0 Å². The lowest BCUT2D eigenvalue weighted by Crippen LogP contribution is -2.03. The number of rotatable bonds is 3. The minimum absolute atomic E-state index is 0.0104. The first-order valence-electron chi connectivity index (χ1n) is 5.75. The molecule has 0 bridgehead atoms. The highest BCUT2D eigenvalue weighted by Crippen LogP contribution is 2.29. The number of halogens is 1. The summed E-state index contributed by atoms with van der Waals surface area (Å²) >= 11 is 5.93. The highest BCUT2D eigenvalue weighted by atomic mass is 35.5. The van der Waals surface area contributed by atoms with Gasteiger partial charge in [0.15, 0.2) is 0 Å². The summed E-state index contributed by atoms with van der Waals surface area (Å²) in [6.07, 6.45) is 0. The molecule has 0 aliphatic rings. The predicted molar refractivity (Wildman–Crippen MR) is 75.2 cm³/mol. The Morgan fingerprint density at radius 3 is 2.50 bits per heavy atom. The van der Waals surface area contributed by atoms with Gasteiger partial charge in [-0.2, -0.15) is 0 Å². The van der Waals surface area contributed by atoms with E-state index in [0.29, 0.717) is 16.7 Å². The third-order valence-corrected chi connectivity index (χ3v) is 3.14. The second-order valence-corrected chi connectivity index (χ2v) is 4.45. The van der Waals surface area contributed by atoms with Crippen molar-refractivity contribution >= 4 is 23.5 Å². The number of ether oxygens (including phenoxy) is 1. The first kappa shape index (κ1) is 14.1. The Morgan fingerprint density at radius 2 is 1.85 bits per heavy atom. The minimum Gasteiger partial charge on any atom is -0.478 e. The first-order valence-corrected chi connectivity index (χ1v) is 6.13. The summed E-state index contributed by atoms with van der Waals surface area (Å²) in [6.45, 7) is 0. The number of benzene rings is 2. The number of aromatic carboxylic acids is 1. The molecular weight excluding hydrogens is 280 g/mol. The summed E-state index contributed by atoms with van der Waals surface area (Å²) in [5.41, 5.74) is 1.40. The Hall–Kier alpha value is -2.33. The average molecular weight is 291 g/mol. The number of hydrogen-bond acceptors (Lipinski definition) is 3. The Kier molecular flexibility index (Phi) is 4.05. The van der Waals surface area contributed by atoms with Crippen LogP contribution in [0.5, 0.6) is 0 Å². The molecule has 0 radical (unpaired) electrons. The van der Waals surface area contributed by atoms with Crippen LogP contribution in [-0.4, -0.2) is 24.2 Å². The fourth-order valence-electron chi connectivity index (χ4n) is 1.91. The summed E-state index contributed by atoms with van der Waals surface area (Å²) in [4.78, 5) is 22.8. The number of methoxy groups -OCH3 is 1. The van der Waals surface area contributed by atoms with Crippen molar-refractivity contribution < 1.29 is 19.4 Å². The molecule has 0 saturated heterocycles. The van der Waals surface area contributed by atoms with Gasteiger partial charge in [0, 0.05) is 0 Å². The Labute approximate surface area is 120 Å². The van der Waals surface area contributed by atoms with E-state index in [9.17, 15) is 14.7 Å². The van der Waals surface area contributed by atoms with Gasteiger partial charge in [-0.15, -0.1) is 0 Å². The van der Waals surface area contributed by atoms with E-state index in [0.717, 1.165) is 0 Å². The maximum Gasteiger partial charge on any atom is 0.337 e. The Morgan fingerprint density at radius 1 is 1.15 bits per heavy atom. The lowest BCUT2D eigenvalue weighted by Gasteiger charge is -2.09. The molecule has 20 heavy (non-hydrogen) atoms. The standard InChI is InChI=1S/C15H11ClO4/c1-20-15(19)10-5-2-4-9(8-10)11-6-3-7-12(16)13(11)14(17)18/h2-8H,1H3,(H,17,18). The number of carbonyl (C=O) groups excluding carboxylic acids is 1. The van der Waals surface area contributed by atoms with Crippen molar-refractivity contribution in [3.8, 4) is 11.1 Å². The van der Waals surface area contributed by atoms with Crippen LogP contribution in [0.15, 0.2) is 42.5 Å². The maximum atomic E-state index is 11.5. The van der Waals surface area contributed by atoms with Crippen LogP contribution in [0.2, 0.25) is 5.02 Å². The van der Waals surface area contributed by atoms with E-state index in [1.165, 1.54) is 13.2 Å². The number of carboxylic acid groups (broad SMARTS) is 1. The van der Waals surface area contributed by atoms with Crippen LogP contribution >= 0.6 is 11.6 Å². The molecule has 2 rings (SSSR count). The zero-order chi connectivity index (χ0) is 14.7. The molecule has 0 aliphatic carbocycles. The van der Waals surface area contributed by atoms with Gasteiger partial charge in [-0.25, -0.2) is 9.59 Å². The van der Waals surface area contributed by atoms with Crippen LogP contribution in [0.3, 0.4) is 0 Å². The number of carbonyl (C=O) groups is 2. The molecule has 0 heterocycles. The van der Waals surface area contributed by atoms with Gasteiger partial charge in [-0.3, -0.25) is 0 Å². The van der Waals surface area contributed by atoms with E-state index in [1.807, 2.05) is 0 Å². The highest BCUT2D eigenvalue weighted by Gasteiger charge is 2.16. The molecule has 1 N–H and O–H groups in total. The monoisotopic (exact) mass is 290 g/mol. The number of carboxylic acids is 1. The highest BCUT2D eigenvalue weighted by molar-refractivity contribution is 6.34. The third kappa shape index (κ3) is 2.65. The quantitative estimate of drug-likeness (QED) is 0.879. The molecule has 0 unspecified atom stereocenters. The zero-order valence-corrected chi connectivity index (χ0v) is 11.3. The van der Waals surface area contributed by atoms with Crippen molar-refractivity contribution in [2.45, 2.75) is 0 Å². The second kappa shape index (κ2) is 5.75. The molecule has 2 aromatic carbocycles. The van der Waals surface area contributed by atoms with Crippen LogP contribution in [0.25, 0.3) is 11.1 Å². The largest absolute Gasteiger partial charge is 0.478 e. The third-order valence-electron chi connectivity index (χ3n) is 2.82. The summed E-state index contributed by atoms with van der Waals surface area (Å²) in [7, 11) is 1.29. The lowest BCUT2D eigenvalue weighted by atomic mass is 9.98. The molecule has 0 spiro atoms. The summed E-state index contributed by atoms with van der Waals surface area (Å²) < 4.78 is 4.65. The predicted octanol–water partition coefficient (Wildman–Crippen LogP) is 3.49. The SMILES string of the molecule is COC(=O)c1cccc(-c2cccc(Cl)c2C(=O)O)c1. The molecule has 0 fully saturated rings. The van der Waals surface area contributed by atoms with Gasteiger partial charge in [0.25, 0.3) is 0 Å². The number of hydrogen-bond donors (Lipinski definition) is 1. The van der Waals surface area contributed by atoms with Gasteiger partial charge < -0.3 is 9.84 Å². The van der Waals surface area contributed by atoms with Crippen molar-refractivity contribution in [2.75, 3.05) is 7.11 Å². The summed E-state index contributed by atoms with van der Waals surface area (Å²) in [5, 5.41) is 9.41. The van der Waals surface area contributed by atoms with Crippen LogP contribution in [-0.2, 0) is 4.74 Å². The van der Waals surface area contributed by atoms with Gasteiger partial charge >= 0.3 is 11.9 Å². The Bertz CT molecular complexity index is 679. The molecule has 5 heteroatoms. The lowest BCUT2D eigenvalue weighted by molar-refractivity contribution is 0.0600. The van der Waals surface area contributed by atoms with E-state index in [1.54, 1.807) is 36.4 Å². The molecule has 0 aliphatic heterocycles. The van der Waals surface area contributed by atoms with Crippen LogP contribution in [0.4, 0.5) is 0 Å². The Balaban J connectivity index is 2.60. The summed E-state index contributed by atoms with van der Waals surface area (Å²) in [5.74, 6) is -1.60. The molecule has 0 atom stereocenters. The van der Waals surface area contributed by atoms with Crippen molar-refractivity contribution in [3.63, 3.8) is 0 Å². The van der Waals surface area contributed by atoms with Crippen LogP contribution in [0.1, 0.15) is 20.7 Å². The van der Waals surface area contributed by atoms with Gasteiger partial charge in [0.1, 0.15) is 0 Å². The molecule has 0 saturated carbocycles. The zero-order valence-electron chi connectivity index (χ0n) is 10.6. The van der Waals surface area contributed by atoms with Gasteiger partial charge in [0.2, 0.25) is 0 Å². The van der Waals surface area contributed by atoms with Crippen molar-refractivity contribution in [3.05, 3.63) is 58.6 Å². The molecule has 0 aromatic heterocycles. The second-order valence-electron chi connectivity index (χ2n) is 4.04. The van der Waals surface area contributed by atoms with E-state index < -0.39 is 11.9 Å². The van der Waals surface area contributed by atoms with Crippen LogP contribution < -0.4 is 0 Å². The fraction of sp³-hybridized carbons (Fsp3) is 0.0667. The van der Waals surface area contributed by atoms with E-state index in [-0.39, 0.29) is 10.6 Å². The van der Waals surface area contributed by atoms with Gasteiger partial charge in [-0.1, -0.05) is 35.9 Å². The van der Waals surface area contributed by atoms with Crippen molar-refractivity contribution in [1.82, 2.24) is 0 Å². The smallest absolute Gasteiger partial charge is 0.337 e. The topological polar surface area (TPSA) is 63.6 Å². The van der Waals surface area contributed by atoms with Gasteiger partial charge in [-0.05, 0) is 29.3 Å². The number of esters is 1. The van der Waals surface area contributed by atoms with E-state index >= 15 is 0 Å². The normalized spacial score (nSPS) is 10.1. The molecular formula is C15H11ClO4. The van der Waals surface area contributed by atoms with Crippen molar-refractivity contribution in [1.29, 1.82) is 0 Å². The fourth-order valence-corrected chi connectivity index (χ4v) is 2.17. The molecule has 2 aromatic rings. The molecule has 4 nitrogen and oxygen atoms in total. The van der Waals surface area contributed by atoms with Gasteiger partial charge in [0.05, 0.1) is 23.3 Å². The molecule has 102 valence electrons. The van der Waals surface area contributed by atoms with Crippen molar-refractivity contribution in [2.24, 2.45) is 0 Å². The van der Waals surface area contributed by atoms with E-state index in [4.69, 9.17) is 11.6 Å². The van der Waals surface area contributed by atoms with E-state index in [2.05, 4.69) is 4.74 Å². The molecule has 0 amide bonds. The summed E-state index contributed by atoms with van der Waals surface area (Å²) in [6, 6.07) is 11.4. The maximum absolute atomic E-state index is 11.5. The first-order chi connectivity index (χ1) is 9.54. The minimum atomic E-state index is -1.12. The average Bonchev–Trinajstić information content (AvgIpc) is 2.45.